The number of ether oxygens (including phenoxy) is 1. The molecule has 0 heterocycles. The first kappa shape index (κ1) is 15.8. The topological polar surface area (TPSA) is 21.3 Å². The molecule has 0 saturated carbocycles. The van der Waals surface area contributed by atoms with Gasteiger partial charge >= 0.3 is 0 Å². The van der Waals surface area contributed by atoms with Crippen LogP contribution in [0.5, 0.6) is 0 Å². The van der Waals surface area contributed by atoms with Crippen molar-refractivity contribution in [2.45, 2.75) is 25.8 Å². The minimum Gasteiger partial charge on any atom is -0.385 e. The van der Waals surface area contributed by atoms with Gasteiger partial charge in [-0.1, -0.05) is 36.2 Å². The molecule has 1 aromatic carbocycles. The average Bonchev–Trinajstić information content (AvgIpc) is 2.37. The Kier molecular flexibility index (Phi) is 7.02. The van der Waals surface area contributed by atoms with Crippen molar-refractivity contribution in [1.82, 2.24) is 5.32 Å². The van der Waals surface area contributed by atoms with E-state index < -0.39 is 0 Å². The molecule has 1 aromatic rings. The van der Waals surface area contributed by atoms with Crippen molar-refractivity contribution in [3.8, 4) is 0 Å². The highest BCUT2D eigenvalue weighted by Crippen LogP contribution is 2.24. The number of likely N-dealkylation sites (N-methyl/N-ethyl adjacent to an activating group) is 1. The summed E-state index contributed by atoms with van der Waals surface area (Å²) in [6.45, 7) is 3.03. The lowest BCUT2D eigenvalue weighted by molar-refractivity contribution is 0.171. The molecule has 18 heavy (non-hydrogen) atoms. The van der Waals surface area contributed by atoms with Gasteiger partial charge in [-0.3, -0.25) is 0 Å². The summed E-state index contributed by atoms with van der Waals surface area (Å²) in [4.78, 5) is 0. The zero-order valence-corrected chi connectivity index (χ0v) is 12.7. The second kappa shape index (κ2) is 8.00. The van der Waals surface area contributed by atoms with Gasteiger partial charge in [0, 0.05) is 19.8 Å². The van der Waals surface area contributed by atoms with Crippen LogP contribution in [0.3, 0.4) is 0 Å². The molecular weight excluding hydrogens is 269 g/mol. The van der Waals surface area contributed by atoms with Crippen LogP contribution in [-0.4, -0.2) is 26.8 Å². The van der Waals surface area contributed by atoms with Crippen LogP contribution in [0.1, 0.15) is 18.9 Å². The summed E-state index contributed by atoms with van der Waals surface area (Å²) in [6.07, 6.45) is 1.99. The summed E-state index contributed by atoms with van der Waals surface area (Å²) in [5, 5.41) is 4.59. The van der Waals surface area contributed by atoms with E-state index in [4.69, 9.17) is 27.9 Å². The monoisotopic (exact) mass is 289 g/mol. The molecule has 1 N–H and O–H groups in total. The average molecular weight is 290 g/mol. The number of nitrogens with one attached hydrogen (secondary N) is 1. The molecule has 0 spiro atoms. The van der Waals surface area contributed by atoms with E-state index in [0.717, 1.165) is 19.4 Å². The standard InChI is InChI=1S/C14H21Cl2NO/c1-10(6-7-18-3)14(17-2)9-11-4-5-12(15)13(16)8-11/h4-5,8,10,14,17H,6-7,9H2,1-3H3. The Labute approximate surface area is 120 Å². The number of methoxy groups -OCH3 is 1. The molecule has 0 aromatic heterocycles. The first-order chi connectivity index (χ1) is 8.58. The largest absolute Gasteiger partial charge is 0.385 e. The molecule has 0 fully saturated rings. The fourth-order valence-electron chi connectivity index (χ4n) is 2.01. The van der Waals surface area contributed by atoms with Crippen molar-refractivity contribution >= 4 is 23.2 Å². The Hall–Kier alpha value is -0.280. The van der Waals surface area contributed by atoms with Crippen molar-refractivity contribution in [2.75, 3.05) is 20.8 Å². The summed E-state index contributed by atoms with van der Waals surface area (Å²) in [7, 11) is 3.73. The molecule has 2 atom stereocenters. The van der Waals surface area contributed by atoms with Gasteiger partial charge in [-0.25, -0.2) is 0 Å². The van der Waals surface area contributed by atoms with E-state index in [1.807, 2.05) is 25.2 Å². The SMILES string of the molecule is CNC(Cc1ccc(Cl)c(Cl)c1)C(C)CCOC. The van der Waals surface area contributed by atoms with E-state index in [2.05, 4.69) is 12.2 Å². The van der Waals surface area contributed by atoms with Gasteiger partial charge in [0.15, 0.2) is 0 Å². The molecule has 0 radical (unpaired) electrons. The Balaban J connectivity index is 2.64. The minimum absolute atomic E-state index is 0.414. The maximum atomic E-state index is 6.03. The van der Waals surface area contributed by atoms with Crippen LogP contribution in [0.2, 0.25) is 10.0 Å². The zero-order valence-electron chi connectivity index (χ0n) is 11.2. The van der Waals surface area contributed by atoms with Crippen LogP contribution in [0.4, 0.5) is 0 Å². The lowest BCUT2D eigenvalue weighted by Crippen LogP contribution is -2.34. The molecule has 0 aliphatic heterocycles. The third kappa shape index (κ3) is 4.77. The summed E-state index contributed by atoms with van der Waals surface area (Å²) >= 11 is 11.9. The molecule has 0 bridgehead atoms. The van der Waals surface area contributed by atoms with Crippen LogP contribution < -0.4 is 5.32 Å². The fraction of sp³-hybridized carbons (Fsp3) is 0.571. The van der Waals surface area contributed by atoms with E-state index in [0.29, 0.717) is 22.0 Å². The van der Waals surface area contributed by atoms with Crippen molar-refractivity contribution in [3.63, 3.8) is 0 Å². The molecule has 2 nitrogen and oxygen atoms in total. The number of hydrogen-bond donors (Lipinski definition) is 1. The molecule has 0 aliphatic carbocycles. The Morgan fingerprint density at radius 1 is 1.28 bits per heavy atom. The van der Waals surface area contributed by atoms with E-state index in [-0.39, 0.29) is 0 Å². The molecule has 102 valence electrons. The van der Waals surface area contributed by atoms with Crippen molar-refractivity contribution in [3.05, 3.63) is 33.8 Å². The second-order valence-electron chi connectivity index (χ2n) is 4.61. The second-order valence-corrected chi connectivity index (χ2v) is 5.42. The number of benzene rings is 1. The summed E-state index contributed by atoms with van der Waals surface area (Å²) in [5.41, 5.74) is 1.20. The van der Waals surface area contributed by atoms with Crippen LogP contribution in [-0.2, 0) is 11.2 Å². The highest BCUT2D eigenvalue weighted by molar-refractivity contribution is 6.42. The van der Waals surface area contributed by atoms with Gasteiger partial charge in [-0.05, 0) is 43.5 Å². The predicted molar refractivity (Wildman–Crippen MR) is 78.7 cm³/mol. The maximum Gasteiger partial charge on any atom is 0.0595 e. The molecule has 1 rings (SSSR count). The van der Waals surface area contributed by atoms with E-state index in [1.54, 1.807) is 7.11 Å². The smallest absolute Gasteiger partial charge is 0.0595 e. The lowest BCUT2D eigenvalue weighted by Gasteiger charge is -2.23. The summed E-state index contributed by atoms with van der Waals surface area (Å²) < 4.78 is 5.13. The highest BCUT2D eigenvalue weighted by atomic mass is 35.5. The Bertz CT molecular complexity index is 371. The lowest BCUT2D eigenvalue weighted by atomic mass is 9.93. The Morgan fingerprint density at radius 2 is 2.00 bits per heavy atom. The molecule has 0 amide bonds. The van der Waals surface area contributed by atoms with Gasteiger partial charge in [-0.15, -0.1) is 0 Å². The van der Waals surface area contributed by atoms with Crippen LogP contribution >= 0.6 is 23.2 Å². The summed E-state index contributed by atoms with van der Waals surface area (Å²) in [5.74, 6) is 0.546. The van der Waals surface area contributed by atoms with Crippen molar-refractivity contribution in [2.24, 2.45) is 5.92 Å². The van der Waals surface area contributed by atoms with Crippen LogP contribution in [0, 0.1) is 5.92 Å². The molecule has 0 saturated heterocycles. The summed E-state index contributed by atoms with van der Waals surface area (Å²) in [6, 6.07) is 6.24. The van der Waals surface area contributed by atoms with Gasteiger partial charge in [0.2, 0.25) is 0 Å². The van der Waals surface area contributed by atoms with Crippen LogP contribution in [0.15, 0.2) is 18.2 Å². The molecular formula is C14H21Cl2NO. The third-order valence-corrected chi connectivity index (χ3v) is 4.01. The van der Waals surface area contributed by atoms with Gasteiger partial charge in [0.25, 0.3) is 0 Å². The van der Waals surface area contributed by atoms with Crippen LogP contribution in [0.25, 0.3) is 0 Å². The van der Waals surface area contributed by atoms with E-state index >= 15 is 0 Å². The van der Waals surface area contributed by atoms with Gasteiger partial charge < -0.3 is 10.1 Å². The van der Waals surface area contributed by atoms with E-state index in [9.17, 15) is 0 Å². The predicted octanol–water partition coefficient (Wildman–Crippen LogP) is 3.80. The third-order valence-electron chi connectivity index (χ3n) is 3.27. The molecule has 2 unspecified atom stereocenters. The van der Waals surface area contributed by atoms with Gasteiger partial charge in [-0.2, -0.15) is 0 Å². The van der Waals surface area contributed by atoms with Crippen molar-refractivity contribution < 1.29 is 4.74 Å². The maximum absolute atomic E-state index is 6.03. The highest BCUT2D eigenvalue weighted by Gasteiger charge is 2.16. The molecule has 0 aliphatic rings. The normalized spacial score (nSPS) is 14.5. The number of rotatable bonds is 7. The molecule has 4 heteroatoms. The number of hydrogen-bond acceptors (Lipinski definition) is 2. The first-order valence-corrected chi connectivity index (χ1v) is 6.94. The first-order valence-electron chi connectivity index (χ1n) is 6.18. The number of halogens is 2. The Morgan fingerprint density at radius 3 is 2.56 bits per heavy atom. The van der Waals surface area contributed by atoms with Crippen molar-refractivity contribution in [1.29, 1.82) is 0 Å². The quantitative estimate of drug-likeness (QED) is 0.824. The zero-order chi connectivity index (χ0) is 13.5. The fourth-order valence-corrected chi connectivity index (χ4v) is 2.33. The van der Waals surface area contributed by atoms with E-state index in [1.165, 1.54) is 5.56 Å². The minimum atomic E-state index is 0.414. The van der Waals surface area contributed by atoms with Gasteiger partial charge in [0.1, 0.15) is 0 Å². The van der Waals surface area contributed by atoms with Gasteiger partial charge in [0.05, 0.1) is 10.0 Å².